The van der Waals surface area contributed by atoms with Gasteiger partial charge in [0.2, 0.25) is 11.8 Å². The van der Waals surface area contributed by atoms with Crippen molar-refractivity contribution < 1.29 is 9.53 Å². The van der Waals surface area contributed by atoms with E-state index in [0.29, 0.717) is 29.1 Å². The molecule has 1 amide bonds. The second-order valence-electron chi connectivity index (χ2n) is 5.04. The molecule has 0 saturated heterocycles. The van der Waals surface area contributed by atoms with Gasteiger partial charge in [-0.1, -0.05) is 12.1 Å². The third-order valence-corrected chi connectivity index (χ3v) is 3.48. The number of nitrogens with two attached hydrogens (primary N) is 1. The maximum atomic E-state index is 11.6. The van der Waals surface area contributed by atoms with Gasteiger partial charge in [0, 0.05) is 18.2 Å². The third kappa shape index (κ3) is 2.96. The minimum absolute atomic E-state index is 0.129. The largest absolute Gasteiger partial charge is 0.476 e. The predicted molar refractivity (Wildman–Crippen MR) is 91.7 cm³/mol. The van der Waals surface area contributed by atoms with Crippen molar-refractivity contribution in [2.24, 2.45) is 0 Å². The van der Waals surface area contributed by atoms with Gasteiger partial charge in [-0.2, -0.15) is 4.98 Å². The topological polar surface area (TPSA) is 103 Å². The second kappa shape index (κ2) is 6.49. The lowest BCUT2D eigenvalue weighted by Crippen LogP contribution is -2.17. The lowest BCUT2D eigenvalue weighted by Gasteiger charge is -2.08. The zero-order chi connectivity index (χ0) is 17.1. The summed E-state index contributed by atoms with van der Waals surface area (Å²) >= 11 is 0. The summed E-state index contributed by atoms with van der Waals surface area (Å²) in [4.78, 5) is 24.5. The molecule has 122 valence electrons. The summed E-state index contributed by atoms with van der Waals surface area (Å²) < 4.78 is 5.51. The van der Waals surface area contributed by atoms with E-state index in [2.05, 4.69) is 20.3 Å². The first kappa shape index (κ1) is 15.7. The smallest absolute Gasteiger partial charge is 0.251 e. The van der Waals surface area contributed by atoms with E-state index in [9.17, 15) is 4.79 Å². The summed E-state index contributed by atoms with van der Waals surface area (Å²) in [6, 6.07) is 10.9. The van der Waals surface area contributed by atoms with Crippen LogP contribution in [0.1, 0.15) is 17.3 Å². The van der Waals surface area contributed by atoms with E-state index < -0.39 is 0 Å². The van der Waals surface area contributed by atoms with Crippen molar-refractivity contribution in [3.8, 4) is 17.1 Å². The van der Waals surface area contributed by atoms with Gasteiger partial charge in [0.15, 0.2) is 5.52 Å². The van der Waals surface area contributed by atoms with Crippen LogP contribution < -0.4 is 15.8 Å². The molecule has 0 bridgehead atoms. The minimum atomic E-state index is -0.129. The lowest BCUT2D eigenvalue weighted by molar-refractivity contribution is 0.0963. The third-order valence-electron chi connectivity index (χ3n) is 3.48. The molecule has 2 aromatic heterocycles. The monoisotopic (exact) mass is 323 g/mol. The maximum absolute atomic E-state index is 11.6. The SMILES string of the molecule is CCOc1nc(N)nc2ccc(-c3ccc(C(=O)NC)cc3)nc12. The molecule has 0 saturated carbocycles. The van der Waals surface area contributed by atoms with E-state index in [1.54, 1.807) is 19.2 Å². The number of carbonyl (C=O) groups excluding carboxylic acids is 1. The van der Waals surface area contributed by atoms with Crippen LogP contribution in [0.3, 0.4) is 0 Å². The first-order valence-corrected chi connectivity index (χ1v) is 7.52. The van der Waals surface area contributed by atoms with Crippen LogP contribution in [-0.4, -0.2) is 34.5 Å². The van der Waals surface area contributed by atoms with E-state index >= 15 is 0 Å². The van der Waals surface area contributed by atoms with Crippen LogP contribution >= 0.6 is 0 Å². The summed E-state index contributed by atoms with van der Waals surface area (Å²) in [5, 5.41) is 2.59. The quantitative estimate of drug-likeness (QED) is 0.761. The molecule has 1 aromatic carbocycles. The minimum Gasteiger partial charge on any atom is -0.476 e. The maximum Gasteiger partial charge on any atom is 0.251 e. The molecule has 0 aliphatic carbocycles. The van der Waals surface area contributed by atoms with Crippen LogP contribution in [0.2, 0.25) is 0 Å². The van der Waals surface area contributed by atoms with Gasteiger partial charge < -0.3 is 15.8 Å². The van der Waals surface area contributed by atoms with Crippen molar-refractivity contribution >= 4 is 22.9 Å². The second-order valence-corrected chi connectivity index (χ2v) is 5.04. The highest BCUT2D eigenvalue weighted by Crippen LogP contribution is 2.26. The van der Waals surface area contributed by atoms with Gasteiger partial charge >= 0.3 is 0 Å². The number of hydrogen-bond donors (Lipinski definition) is 2. The molecule has 0 atom stereocenters. The van der Waals surface area contributed by atoms with E-state index in [-0.39, 0.29) is 11.9 Å². The fourth-order valence-electron chi connectivity index (χ4n) is 2.34. The Hall–Kier alpha value is -3.22. The Morgan fingerprint density at radius 1 is 1.12 bits per heavy atom. The van der Waals surface area contributed by atoms with Crippen molar-refractivity contribution in [1.82, 2.24) is 20.3 Å². The first-order chi connectivity index (χ1) is 11.6. The van der Waals surface area contributed by atoms with E-state index in [1.165, 1.54) is 0 Å². The Balaban J connectivity index is 2.05. The number of rotatable bonds is 4. The van der Waals surface area contributed by atoms with Gasteiger partial charge in [-0.25, -0.2) is 9.97 Å². The molecule has 24 heavy (non-hydrogen) atoms. The van der Waals surface area contributed by atoms with Crippen molar-refractivity contribution in [3.63, 3.8) is 0 Å². The molecule has 0 fully saturated rings. The average Bonchev–Trinajstić information content (AvgIpc) is 2.61. The molecule has 0 radical (unpaired) electrons. The first-order valence-electron chi connectivity index (χ1n) is 7.52. The summed E-state index contributed by atoms with van der Waals surface area (Å²) in [5.41, 5.74) is 9.08. The Morgan fingerprint density at radius 2 is 1.88 bits per heavy atom. The van der Waals surface area contributed by atoms with Crippen LogP contribution in [0.25, 0.3) is 22.3 Å². The standard InChI is InChI=1S/C17H17N5O2/c1-3-24-16-14-13(21-17(18)22-16)9-8-12(20-14)10-4-6-11(7-5-10)15(23)19-2/h4-9H,3H2,1-2H3,(H,19,23)(H2,18,21,22). The van der Waals surface area contributed by atoms with Gasteiger partial charge in [0.1, 0.15) is 0 Å². The Bertz CT molecular complexity index is 893. The molecule has 7 nitrogen and oxygen atoms in total. The Morgan fingerprint density at radius 3 is 2.54 bits per heavy atom. The highest BCUT2D eigenvalue weighted by Gasteiger charge is 2.11. The average molecular weight is 323 g/mol. The number of nitrogen functional groups attached to an aromatic ring is 1. The molecule has 7 heteroatoms. The van der Waals surface area contributed by atoms with Crippen LogP contribution in [0.15, 0.2) is 36.4 Å². The van der Waals surface area contributed by atoms with Gasteiger partial charge in [-0.3, -0.25) is 4.79 Å². The Kier molecular flexibility index (Phi) is 4.24. The number of ether oxygens (including phenoxy) is 1. The molecule has 3 aromatic rings. The summed E-state index contributed by atoms with van der Waals surface area (Å²) in [5.74, 6) is 0.384. The van der Waals surface area contributed by atoms with Gasteiger partial charge in [0.05, 0.1) is 17.8 Å². The summed E-state index contributed by atoms with van der Waals surface area (Å²) in [6.07, 6.45) is 0. The normalized spacial score (nSPS) is 10.6. The number of carbonyl (C=O) groups is 1. The number of anilines is 1. The number of nitrogens with one attached hydrogen (secondary N) is 1. The van der Waals surface area contributed by atoms with Crippen LogP contribution in [0.5, 0.6) is 5.88 Å². The molecule has 3 N–H and O–H groups in total. The number of aromatic nitrogens is 3. The zero-order valence-corrected chi connectivity index (χ0v) is 13.4. The highest BCUT2D eigenvalue weighted by molar-refractivity contribution is 5.94. The number of hydrogen-bond acceptors (Lipinski definition) is 6. The number of pyridine rings is 1. The van der Waals surface area contributed by atoms with E-state index in [4.69, 9.17) is 10.5 Å². The van der Waals surface area contributed by atoms with Crippen molar-refractivity contribution in [1.29, 1.82) is 0 Å². The fraction of sp³-hybridized carbons (Fsp3) is 0.176. The molecular weight excluding hydrogens is 306 g/mol. The molecule has 0 aliphatic heterocycles. The van der Waals surface area contributed by atoms with Crippen molar-refractivity contribution in [2.75, 3.05) is 19.4 Å². The van der Waals surface area contributed by atoms with Crippen LogP contribution in [-0.2, 0) is 0 Å². The molecule has 3 rings (SSSR count). The van der Waals surface area contributed by atoms with Gasteiger partial charge in [-0.15, -0.1) is 0 Å². The number of benzene rings is 1. The molecule has 0 unspecified atom stereocenters. The zero-order valence-electron chi connectivity index (χ0n) is 13.4. The molecule has 0 spiro atoms. The van der Waals surface area contributed by atoms with Gasteiger partial charge in [-0.05, 0) is 31.2 Å². The highest BCUT2D eigenvalue weighted by atomic mass is 16.5. The lowest BCUT2D eigenvalue weighted by atomic mass is 10.1. The van der Waals surface area contributed by atoms with Crippen molar-refractivity contribution in [2.45, 2.75) is 6.92 Å². The van der Waals surface area contributed by atoms with E-state index in [1.807, 2.05) is 31.2 Å². The van der Waals surface area contributed by atoms with Crippen molar-refractivity contribution in [3.05, 3.63) is 42.0 Å². The van der Waals surface area contributed by atoms with Gasteiger partial charge in [0.25, 0.3) is 5.91 Å². The molecule has 2 heterocycles. The summed E-state index contributed by atoms with van der Waals surface area (Å²) in [7, 11) is 1.60. The molecular formula is C17H17N5O2. The van der Waals surface area contributed by atoms with Crippen LogP contribution in [0, 0.1) is 0 Å². The summed E-state index contributed by atoms with van der Waals surface area (Å²) in [6.45, 7) is 2.32. The van der Waals surface area contributed by atoms with E-state index in [0.717, 1.165) is 11.3 Å². The number of nitrogens with zero attached hydrogens (tertiary/aromatic N) is 3. The number of fused-ring (bicyclic) bond motifs is 1. The number of amides is 1. The fourth-order valence-corrected chi connectivity index (χ4v) is 2.34. The predicted octanol–water partition coefficient (Wildman–Crippen LogP) is 2.03. The van der Waals surface area contributed by atoms with Crippen LogP contribution in [0.4, 0.5) is 5.95 Å². The molecule has 0 aliphatic rings. The Labute approximate surface area is 138 Å².